The number of alkyl halides is 2. The Morgan fingerprint density at radius 1 is 1.33 bits per heavy atom. The van der Waals surface area contributed by atoms with Gasteiger partial charge in [-0.2, -0.15) is 10.2 Å². The Balaban J connectivity index is 2.08. The zero-order chi connectivity index (χ0) is 18.1. The molecule has 0 aliphatic rings. The molecule has 0 saturated heterocycles. The molecular weight excluding hydrogens is 318 g/mol. The topological polar surface area (TPSA) is 88.5 Å². The van der Waals surface area contributed by atoms with E-state index in [4.69, 9.17) is 0 Å². The Morgan fingerprint density at radius 3 is 2.54 bits per heavy atom. The monoisotopic (exact) mass is 340 g/mol. The van der Waals surface area contributed by atoms with Gasteiger partial charge in [0, 0.05) is 11.1 Å². The molecule has 24 heavy (non-hydrogen) atoms. The van der Waals surface area contributed by atoms with Crippen molar-refractivity contribution in [1.82, 2.24) is 30.3 Å². The number of aromatic amines is 1. The minimum Gasteiger partial charge on any atom is -0.345 e. The molecule has 2 aromatic rings. The number of carbonyl (C=O) groups is 1. The minimum absolute atomic E-state index is 0.167. The molecule has 2 heterocycles. The molecule has 1 amide bonds. The van der Waals surface area contributed by atoms with Gasteiger partial charge in [0.15, 0.2) is 5.82 Å². The summed E-state index contributed by atoms with van der Waals surface area (Å²) in [5, 5.41) is 13.6. The summed E-state index contributed by atoms with van der Waals surface area (Å²) in [6.45, 7) is 8.82. The standard InChI is InChI=1S/C15H22F2N6O/c1-8-12(9(2)23(22-8)7-10(16)17)13(24)18-6-11-19-14(21-20-11)15(3,4)5/h10H,6-7H2,1-5H3,(H,18,24)(H,19,20,21). The number of aromatic nitrogens is 5. The van der Waals surface area contributed by atoms with Crippen LogP contribution in [0.1, 0.15) is 54.2 Å². The predicted octanol–water partition coefficient (Wildman–Crippen LogP) is 2.11. The largest absolute Gasteiger partial charge is 0.345 e. The zero-order valence-corrected chi connectivity index (χ0v) is 14.4. The van der Waals surface area contributed by atoms with Gasteiger partial charge in [-0.05, 0) is 13.8 Å². The molecule has 2 rings (SSSR count). The molecule has 0 aromatic carbocycles. The number of nitrogens with zero attached hydrogens (tertiary/aromatic N) is 4. The SMILES string of the molecule is Cc1nn(CC(F)F)c(C)c1C(=O)NCc1nc(C(C)(C)C)n[nH]1. The number of amides is 1. The molecule has 0 bridgehead atoms. The van der Waals surface area contributed by atoms with E-state index in [0.717, 1.165) is 4.68 Å². The molecule has 0 radical (unpaired) electrons. The molecule has 0 unspecified atom stereocenters. The van der Waals surface area contributed by atoms with Gasteiger partial charge in [0.1, 0.15) is 12.4 Å². The van der Waals surface area contributed by atoms with Gasteiger partial charge in [0.05, 0.1) is 17.8 Å². The maximum atomic E-state index is 12.5. The van der Waals surface area contributed by atoms with Crippen LogP contribution in [0.25, 0.3) is 0 Å². The van der Waals surface area contributed by atoms with E-state index in [-0.39, 0.29) is 17.9 Å². The fourth-order valence-electron chi connectivity index (χ4n) is 2.30. The maximum Gasteiger partial charge on any atom is 0.257 e. The summed E-state index contributed by atoms with van der Waals surface area (Å²) in [7, 11) is 0. The van der Waals surface area contributed by atoms with Crippen molar-refractivity contribution in [2.45, 2.75) is 59.5 Å². The summed E-state index contributed by atoms with van der Waals surface area (Å²) < 4.78 is 26.2. The van der Waals surface area contributed by atoms with Crippen molar-refractivity contribution >= 4 is 5.91 Å². The summed E-state index contributed by atoms with van der Waals surface area (Å²) in [6.07, 6.45) is -2.52. The third-order valence-electron chi connectivity index (χ3n) is 3.54. The fourth-order valence-corrected chi connectivity index (χ4v) is 2.30. The van der Waals surface area contributed by atoms with Gasteiger partial charge in [0.25, 0.3) is 12.3 Å². The number of hydrogen-bond acceptors (Lipinski definition) is 4. The third-order valence-corrected chi connectivity index (χ3v) is 3.54. The molecule has 2 N–H and O–H groups in total. The normalized spacial score (nSPS) is 12.0. The highest BCUT2D eigenvalue weighted by Gasteiger charge is 2.22. The highest BCUT2D eigenvalue weighted by Crippen LogP contribution is 2.17. The average molecular weight is 340 g/mol. The molecule has 0 saturated carbocycles. The number of nitrogens with one attached hydrogen (secondary N) is 2. The van der Waals surface area contributed by atoms with E-state index >= 15 is 0 Å². The van der Waals surface area contributed by atoms with Crippen LogP contribution in [0.3, 0.4) is 0 Å². The summed E-state index contributed by atoms with van der Waals surface area (Å²) in [6, 6.07) is 0. The van der Waals surface area contributed by atoms with Crippen LogP contribution in [0, 0.1) is 13.8 Å². The van der Waals surface area contributed by atoms with Gasteiger partial charge in [-0.25, -0.2) is 13.8 Å². The van der Waals surface area contributed by atoms with Crippen molar-refractivity contribution < 1.29 is 13.6 Å². The van der Waals surface area contributed by atoms with E-state index < -0.39 is 13.0 Å². The predicted molar refractivity (Wildman–Crippen MR) is 84.0 cm³/mol. The number of carbonyl (C=O) groups excluding carboxylic acids is 1. The van der Waals surface area contributed by atoms with E-state index in [1.807, 2.05) is 20.8 Å². The number of halogens is 2. The Kier molecular flexibility index (Phi) is 5.00. The second-order valence-electron chi connectivity index (χ2n) is 6.66. The first-order valence-electron chi connectivity index (χ1n) is 7.61. The first-order chi connectivity index (χ1) is 11.1. The molecule has 2 aromatic heterocycles. The molecule has 7 nitrogen and oxygen atoms in total. The number of rotatable bonds is 5. The van der Waals surface area contributed by atoms with Crippen LogP contribution < -0.4 is 5.32 Å². The van der Waals surface area contributed by atoms with Crippen molar-refractivity contribution in [1.29, 1.82) is 0 Å². The highest BCUT2D eigenvalue weighted by molar-refractivity contribution is 5.96. The summed E-state index contributed by atoms with van der Waals surface area (Å²) in [5.41, 5.74) is 0.950. The Hall–Kier alpha value is -2.32. The van der Waals surface area contributed by atoms with Crippen molar-refractivity contribution in [2.24, 2.45) is 0 Å². The van der Waals surface area contributed by atoms with Gasteiger partial charge in [-0.3, -0.25) is 14.6 Å². The highest BCUT2D eigenvalue weighted by atomic mass is 19.3. The lowest BCUT2D eigenvalue weighted by atomic mass is 9.96. The third kappa shape index (κ3) is 3.95. The van der Waals surface area contributed by atoms with E-state index in [2.05, 4.69) is 25.6 Å². The van der Waals surface area contributed by atoms with E-state index in [0.29, 0.717) is 28.6 Å². The average Bonchev–Trinajstić information content (AvgIpc) is 3.01. The zero-order valence-electron chi connectivity index (χ0n) is 14.4. The number of aryl methyl sites for hydroxylation is 1. The van der Waals surface area contributed by atoms with Crippen molar-refractivity contribution in [2.75, 3.05) is 0 Å². The van der Waals surface area contributed by atoms with Crippen molar-refractivity contribution in [3.8, 4) is 0 Å². The lowest BCUT2D eigenvalue weighted by Gasteiger charge is -2.11. The molecular formula is C15H22F2N6O. The molecule has 0 aliphatic heterocycles. The molecule has 0 aliphatic carbocycles. The van der Waals surface area contributed by atoms with E-state index in [1.54, 1.807) is 13.8 Å². The lowest BCUT2D eigenvalue weighted by Crippen LogP contribution is -2.25. The Labute approximate surface area is 138 Å². The molecule has 132 valence electrons. The van der Waals surface area contributed by atoms with Crippen LogP contribution in [0.4, 0.5) is 8.78 Å². The maximum absolute atomic E-state index is 12.5. The molecule has 0 atom stereocenters. The van der Waals surface area contributed by atoms with Crippen molar-refractivity contribution in [3.63, 3.8) is 0 Å². The quantitative estimate of drug-likeness (QED) is 0.872. The van der Waals surface area contributed by atoms with Crippen molar-refractivity contribution in [3.05, 3.63) is 28.6 Å². The summed E-state index contributed by atoms with van der Waals surface area (Å²) in [5.74, 6) is 0.812. The molecule has 0 fully saturated rings. The molecule has 0 spiro atoms. The van der Waals surface area contributed by atoms with Crippen LogP contribution in [-0.4, -0.2) is 37.3 Å². The minimum atomic E-state index is -2.52. The second kappa shape index (κ2) is 6.66. The Morgan fingerprint density at radius 2 is 2.00 bits per heavy atom. The number of H-pyrrole nitrogens is 1. The number of hydrogen-bond donors (Lipinski definition) is 2. The first-order valence-corrected chi connectivity index (χ1v) is 7.61. The fraction of sp³-hybridized carbons (Fsp3) is 0.600. The van der Waals surface area contributed by atoms with Crippen LogP contribution in [-0.2, 0) is 18.5 Å². The van der Waals surface area contributed by atoms with Crippen LogP contribution >= 0.6 is 0 Å². The van der Waals surface area contributed by atoms with Gasteiger partial charge in [-0.15, -0.1) is 0 Å². The first kappa shape index (κ1) is 18.0. The summed E-state index contributed by atoms with van der Waals surface area (Å²) in [4.78, 5) is 16.7. The van der Waals surface area contributed by atoms with E-state index in [9.17, 15) is 13.6 Å². The van der Waals surface area contributed by atoms with Crippen LogP contribution in [0.2, 0.25) is 0 Å². The Bertz CT molecular complexity index is 729. The summed E-state index contributed by atoms with van der Waals surface area (Å²) >= 11 is 0. The van der Waals surface area contributed by atoms with E-state index in [1.165, 1.54) is 0 Å². The molecule has 9 heteroatoms. The van der Waals surface area contributed by atoms with Gasteiger partial charge in [-0.1, -0.05) is 20.8 Å². The van der Waals surface area contributed by atoms with Gasteiger partial charge in [0.2, 0.25) is 0 Å². The van der Waals surface area contributed by atoms with Crippen LogP contribution in [0.5, 0.6) is 0 Å². The van der Waals surface area contributed by atoms with Crippen LogP contribution in [0.15, 0.2) is 0 Å². The van der Waals surface area contributed by atoms with Gasteiger partial charge < -0.3 is 5.32 Å². The van der Waals surface area contributed by atoms with Gasteiger partial charge >= 0.3 is 0 Å². The smallest absolute Gasteiger partial charge is 0.257 e. The second-order valence-corrected chi connectivity index (χ2v) is 6.66. The lowest BCUT2D eigenvalue weighted by molar-refractivity contribution is 0.0947.